The van der Waals surface area contributed by atoms with Crippen LogP contribution in [0.15, 0.2) is 42.6 Å². The maximum atomic E-state index is 12.0. The second-order valence-electron chi connectivity index (χ2n) is 4.92. The van der Waals surface area contributed by atoms with Crippen molar-refractivity contribution in [3.8, 4) is 0 Å². The van der Waals surface area contributed by atoms with Crippen molar-refractivity contribution in [1.82, 2.24) is 4.98 Å². The van der Waals surface area contributed by atoms with Crippen molar-refractivity contribution < 1.29 is 19.0 Å². The van der Waals surface area contributed by atoms with Crippen LogP contribution in [-0.2, 0) is 14.2 Å². The Morgan fingerprint density at radius 2 is 2.04 bits per heavy atom. The summed E-state index contributed by atoms with van der Waals surface area (Å²) in [5.74, 6) is -0.540. The molecule has 5 nitrogen and oxygen atoms in total. The molecular weight excluding hydrogens is 341 g/mol. The number of hydrogen-bond acceptors (Lipinski definition) is 5. The molecule has 0 N–H and O–H groups in total. The summed E-state index contributed by atoms with van der Waals surface area (Å²) >= 11 is 11.7. The van der Waals surface area contributed by atoms with Crippen molar-refractivity contribution in [3.05, 3.63) is 63.9 Å². The van der Waals surface area contributed by atoms with E-state index in [2.05, 4.69) is 4.98 Å². The molecule has 1 aliphatic rings. The molecule has 1 aromatic carbocycles. The van der Waals surface area contributed by atoms with Crippen LogP contribution in [0.2, 0.25) is 10.2 Å². The minimum atomic E-state index is -0.540. The van der Waals surface area contributed by atoms with E-state index in [1.165, 1.54) is 6.20 Å². The minimum Gasteiger partial charge on any atom is -0.459 e. The van der Waals surface area contributed by atoms with Gasteiger partial charge in [-0.15, -0.1) is 0 Å². The third-order valence-corrected chi connectivity index (χ3v) is 3.82. The van der Waals surface area contributed by atoms with Crippen molar-refractivity contribution in [2.24, 2.45) is 0 Å². The van der Waals surface area contributed by atoms with Crippen LogP contribution in [0.4, 0.5) is 0 Å². The number of esters is 1. The highest BCUT2D eigenvalue weighted by Crippen LogP contribution is 2.28. The predicted octanol–water partition coefficient (Wildman–Crippen LogP) is 3.66. The zero-order chi connectivity index (χ0) is 16.2. The quantitative estimate of drug-likeness (QED) is 0.620. The van der Waals surface area contributed by atoms with Crippen molar-refractivity contribution in [2.45, 2.75) is 12.4 Å². The van der Waals surface area contributed by atoms with E-state index in [1.54, 1.807) is 24.3 Å². The van der Waals surface area contributed by atoms with Gasteiger partial charge < -0.3 is 14.2 Å². The normalized spacial score (nSPS) is 20.4. The smallest absolute Gasteiger partial charge is 0.341 e. The number of ether oxygens (including phenoxy) is 3. The molecule has 3 rings (SSSR count). The van der Waals surface area contributed by atoms with Crippen LogP contribution in [0.5, 0.6) is 0 Å². The van der Waals surface area contributed by atoms with Gasteiger partial charge in [-0.1, -0.05) is 35.3 Å². The van der Waals surface area contributed by atoms with E-state index in [0.717, 1.165) is 5.56 Å². The molecule has 0 aliphatic carbocycles. The van der Waals surface area contributed by atoms with Gasteiger partial charge in [0.2, 0.25) is 0 Å². The average molecular weight is 354 g/mol. The molecule has 1 aromatic heterocycles. The first kappa shape index (κ1) is 16.2. The second kappa shape index (κ2) is 7.27. The SMILES string of the molecule is O=C(OC[C@@H]1CO[C@@H](c2ccc(Cl)cc2)O1)c1cccnc1Cl. The summed E-state index contributed by atoms with van der Waals surface area (Å²) in [6.45, 7) is 0.412. The van der Waals surface area contributed by atoms with E-state index in [-0.39, 0.29) is 23.4 Å². The molecule has 2 aromatic rings. The van der Waals surface area contributed by atoms with Crippen LogP contribution in [-0.4, -0.2) is 30.3 Å². The van der Waals surface area contributed by atoms with E-state index in [0.29, 0.717) is 11.6 Å². The molecule has 1 fully saturated rings. The van der Waals surface area contributed by atoms with E-state index in [4.69, 9.17) is 37.4 Å². The van der Waals surface area contributed by atoms with Crippen molar-refractivity contribution >= 4 is 29.2 Å². The summed E-state index contributed by atoms with van der Waals surface area (Å²) in [6.07, 6.45) is 0.678. The van der Waals surface area contributed by atoms with Crippen LogP contribution in [0, 0.1) is 0 Å². The Balaban J connectivity index is 1.53. The van der Waals surface area contributed by atoms with Gasteiger partial charge in [0.15, 0.2) is 6.29 Å². The van der Waals surface area contributed by atoms with E-state index >= 15 is 0 Å². The van der Waals surface area contributed by atoms with Crippen molar-refractivity contribution in [3.63, 3.8) is 0 Å². The average Bonchev–Trinajstić information content (AvgIpc) is 3.03. The predicted molar refractivity (Wildman–Crippen MR) is 84.5 cm³/mol. The maximum absolute atomic E-state index is 12.0. The van der Waals surface area contributed by atoms with Gasteiger partial charge in [-0.05, 0) is 24.3 Å². The number of hydrogen-bond donors (Lipinski definition) is 0. The van der Waals surface area contributed by atoms with Gasteiger partial charge in [0.25, 0.3) is 0 Å². The first-order valence-corrected chi connectivity index (χ1v) is 7.69. The van der Waals surface area contributed by atoms with Crippen LogP contribution in [0.25, 0.3) is 0 Å². The fourth-order valence-electron chi connectivity index (χ4n) is 2.11. The zero-order valence-corrected chi connectivity index (χ0v) is 13.5. The molecule has 1 saturated heterocycles. The third kappa shape index (κ3) is 4.00. The highest BCUT2D eigenvalue weighted by Gasteiger charge is 2.28. The van der Waals surface area contributed by atoms with Gasteiger partial charge in [0, 0.05) is 16.8 Å². The molecule has 0 spiro atoms. The lowest BCUT2D eigenvalue weighted by Crippen LogP contribution is -2.21. The lowest BCUT2D eigenvalue weighted by molar-refractivity contribution is -0.0696. The summed E-state index contributed by atoms with van der Waals surface area (Å²) in [6, 6.07) is 10.4. The maximum Gasteiger partial charge on any atom is 0.341 e. The number of aromatic nitrogens is 1. The molecule has 2 heterocycles. The number of halogens is 2. The minimum absolute atomic E-state index is 0.0775. The molecule has 0 unspecified atom stereocenters. The van der Waals surface area contributed by atoms with Crippen molar-refractivity contribution in [1.29, 1.82) is 0 Å². The summed E-state index contributed by atoms with van der Waals surface area (Å²) in [5.41, 5.74) is 1.08. The molecule has 0 bridgehead atoms. The van der Waals surface area contributed by atoms with Crippen LogP contribution >= 0.6 is 23.2 Å². The Hall–Kier alpha value is -1.66. The highest BCUT2D eigenvalue weighted by molar-refractivity contribution is 6.32. The molecule has 0 saturated carbocycles. The second-order valence-corrected chi connectivity index (χ2v) is 5.71. The van der Waals surface area contributed by atoms with Gasteiger partial charge in [0.1, 0.15) is 17.9 Å². The Labute approximate surface area is 143 Å². The third-order valence-electron chi connectivity index (χ3n) is 3.27. The molecule has 7 heteroatoms. The molecule has 23 heavy (non-hydrogen) atoms. The monoisotopic (exact) mass is 353 g/mol. The first-order valence-electron chi connectivity index (χ1n) is 6.93. The lowest BCUT2D eigenvalue weighted by atomic mass is 10.2. The lowest BCUT2D eigenvalue weighted by Gasteiger charge is -2.12. The summed E-state index contributed by atoms with van der Waals surface area (Å²) < 4.78 is 16.5. The first-order chi connectivity index (χ1) is 11.1. The molecule has 0 amide bonds. The molecular formula is C16H13Cl2NO4. The number of nitrogens with zero attached hydrogens (tertiary/aromatic N) is 1. The molecule has 0 radical (unpaired) electrons. The number of benzene rings is 1. The van der Waals surface area contributed by atoms with Crippen LogP contribution in [0.1, 0.15) is 22.2 Å². The van der Waals surface area contributed by atoms with E-state index < -0.39 is 12.3 Å². The largest absolute Gasteiger partial charge is 0.459 e. The topological polar surface area (TPSA) is 57.7 Å². The van der Waals surface area contributed by atoms with E-state index in [9.17, 15) is 4.79 Å². The summed E-state index contributed by atoms with van der Waals surface area (Å²) in [4.78, 5) is 15.8. The number of pyridine rings is 1. The van der Waals surface area contributed by atoms with Crippen LogP contribution < -0.4 is 0 Å². The molecule has 1 aliphatic heterocycles. The van der Waals surface area contributed by atoms with E-state index in [1.807, 2.05) is 12.1 Å². The summed E-state index contributed by atoms with van der Waals surface area (Å²) in [7, 11) is 0. The Morgan fingerprint density at radius 3 is 2.78 bits per heavy atom. The van der Waals surface area contributed by atoms with Gasteiger partial charge >= 0.3 is 5.97 Å². The fourth-order valence-corrected chi connectivity index (χ4v) is 2.44. The zero-order valence-electron chi connectivity index (χ0n) is 11.9. The van der Waals surface area contributed by atoms with Crippen molar-refractivity contribution in [2.75, 3.05) is 13.2 Å². The van der Waals surface area contributed by atoms with Gasteiger partial charge in [0.05, 0.1) is 12.2 Å². The van der Waals surface area contributed by atoms with Gasteiger partial charge in [-0.25, -0.2) is 9.78 Å². The standard InChI is InChI=1S/C16H13Cl2NO4/c17-11-5-3-10(4-6-11)16-22-9-12(23-16)8-21-15(20)13-2-1-7-19-14(13)18/h1-7,12,16H,8-9H2/t12-,16-/m1/s1. The molecule has 120 valence electrons. The fraction of sp³-hybridized carbons (Fsp3) is 0.250. The highest BCUT2D eigenvalue weighted by atomic mass is 35.5. The van der Waals surface area contributed by atoms with Gasteiger partial charge in [-0.2, -0.15) is 0 Å². The van der Waals surface area contributed by atoms with Crippen LogP contribution in [0.3, 0.4) is 0 Å². The number of carbonyl (C=O) groups excluding carboxylic acids is 1. The summed E-state index contributed by atoms with van der Waals surface area (Å²) in [5, 5.41) is 0.755. The molecule has 2 atom stereocenters. The Morgan fingerprint density at radius 1 is 1.26 bits per heavy atom. The van der Waals surface area contributed by atoms with Gasteiger partial charge in [-0.3, -0.25) is 0 Å². The number of rotatable bonds is 4. The Bertz CT molecular complexity index is 693. The Kier molecular flexibility index (Phi) is 5.13. The number of carbonyl (C=O) groups is 1.